The van der Waals surface area contributed by atoms with Gasteiger partial charge in [-0.2, -0.15) is 0 Å². The number of Topliss-reactive ketones (excluding diaryl/α,β-unsaturated/α-hetero) is 1. The Morgan fingerprint density at radius 2 is 2.10 bits per heavy atom. The summed E-state index contributed by atoms with van der Waals surface area (Å²) in [7, 11) is 1.71. The highest BCUT2D eigenvalue weighted by molar-refractivity contribution is 5.83. The van der Waals surface area contributed by atoms with Crippen molar-refractivity contribution in [3.05, 3.63) is 47.7 Å². The molecule has 20 heavy (non-hydrogen) atoms. The van der Waals surface area contributed by atoms with Crippen LogP contribution in [0.5, 0.6) is 0 Å². The van der Waals surface area contributed by atoms with E-state index in [1.54, 1.807) is 14.0 Å². The minimum atomic E-state index is 0.0135. The van der Waals surface area contributed by atoms with E-state index in [-0.39, 0.29) is 11.7 Å². The summed E-state index contributed by atoms with van der Waals surface area (Å²) < 4.78 is 5.21. The van der Waals surface area contributed by atoms with Crippen molar-refractivity contribution < 1.29 is 9.53 Å². The summed E-state index contributed by atoms with van der Waals surface area (Å²) in [6, 6.07) is 10.1. The van der Waals surface area contributed by atoms with Crippen LogP contribution in [0.4, 0.5) is 0 Å². The molecule has 1 aromatic rings. The van der Waals surface area contributed by atoms with Crippen LogP contribution in [0.25, 0.3) is 0 Å². The van der Waals surface area contributed by atoms with Crippen LogP contribution >= 0.6 is 0 Å². The van der Waals surface area contributed by atoms with Gasteiger partial charge in [0.05, 0.1) is 13.4 Å². The fourth-order valence-corrected chi connectivity index (χ4v) is 3.19. The van der Waals surface area contributed by atoms with Gasteiger partial charge < -0.3 is 4.74 Å². The first-order chi connectivity index (χ1) is 9.72. The minimum Gasteiger partial charge on any atom is -0.504 e. The molecule has 1 saturated carbocycles. The number of rotatable bonds is 5. The quantitative estimate of drug-likeness (QED) is 0.739. The summed E-state index contributed by atoms with van der Waals surface area (Å²) in [5.74, 6) is 0.760. The molecule has 0 heterocycles. The van der Waals surface area contributed by atoms with E-state index in [0.717, 1.165) is 18.4 Å². The fourth-order valence-electron chi connectivity index (χ4n) is 3.19. The van der Waals surface area contributed by atoms with Crippen molar-refractivity contribution in [1.82, 2.24) is 0 Å². The highest BCUT2D eigenvalue weighted by Crippen LogP contribution is 2.37. The van der Waals surface area contributed by atoms with Crippen molar-refractivity contribution >= 4 is 5.78 Å². The first-order valence-corrected chi connectivity index (χ1v) is 7.49. The van der Waals surface area contributed by atoms with Gasteiger partial charge in [0.15, 0.2) is 0 Å². The molecule has 0 saturated heterocycles. The maximum atomic E-state index is 12.0. The lowest BCUT2D eigenvalue weighted by Crippen LogP contribution is -2.18. The maximum absolute atomic E-state index is 12.0. The van der Waals surface area contributed by atoms with Gasteiger partial charge in [-0.3, -0.25) is 4.79 Å². The van der Waals surface area contributed by atoms with Crippen molar-refractivity contribution in [3.8, 4) is 0 Å². The first-order valence-electron chi connectivity index (χ1n) is 7.49. The predicted octanol–water partition coefficient (Wildman–Crippen LogP) is 4.47. The third-order valence-electron chi connectivity index (χ3n) is 4.27. The number of methoxy groups -OCH3 is 1. The molecule has 1 unspecified atom stereocenters. The Bertz CT molecular complexity index is 462. The number of benzene rings is 1. The van der Waals surface area contributed by atoms with Crippen LogP contribution in [0.1, 0.15) is 50.5 Å². The van der Waals surface area contributed by atoms with E-state index < -0.39 is 0 Å². The molecule has 1 aromatic carbocycles. The molecular weight excluding hydrogens is 248 g/mol. The molecule has 2 atom stereocenters. The average Bonchev–Trinajstić information content (AvgIpc) is 2.47. The summed E-state index contributed by atoms with van der Waals surface area (Å²) in [5, 5.41) is 0. The van der Waals surface area contributed by atoms with Gasteiger partial charge in [0.1, 0.15) is 5.78 Å². The predicted molar refractivity (Wildman–Crippen MR) is 81.5 cm³/mol. The van der Waals surface area contributed by atoms with Gasteiger partial charge in [0.2, 0.25) is 0 Å². The Morgan fingerprint density at radius 3 is 2.75 bits per heavy atom. The fraction of sp³-hybridized carbons (Fsp3) is 0.500. The topological polar surface area (TPSA) is 26.3 Å². The van der Waals surface area contributed by atoms with E-state index >= 15 is 0 Å². The zero-order valence-electron chi connectivity index (χ0n) is 12.5. The molecule has 0 amide bonds. The lowest BCUT2D eigenvalue weighted by Gasteiger charge is -2.28. The minimum absolute atomic E-state index is 0.0135. The largest absolute Gasteiger partial charge is 0.504 e. The highest BCUT2D eigenvalue weighted by atomic mass is 16.5. The maximum Gasteiger partial charge on any atom is 0.137 e. The van der Waals surface area contributed by atoms with Crippen LogP contribution < -0.4 is 0 Å². The van der Waals surface area contributed by atoms with Gasteiger partial charge in [-0.1, -0.05) is 36.8 Å². The van der Waals surface area contributed by atoms with E-state index in [0.29, 0.717) is 5.92 Å². The molecule has 2 nitrogen and oxygen atoms in total. The Balaban J connectivity index is 2.15. The van der Waals surface area contributed by atoms with Gasteiger partial charge in [0.25, 0.3) is 0 Å². The molecule has 0 spiro atoms. The Labute approximate surface area is 121 Å². The van der Waals surface area contributed by atoms with Gasteiger partial charge in [0, 0.05) is 5.92 Å². The summed E-state index contributed by atoms with van der Waals surface area (Å²) in [6.07, 6.45) is 7.58. The van der Waals surface area contributed by atoms with Crippen LogP contribution in [0, 0.1) is 5.92 Å². The number of carbonyl (C=O) groups is 1. The van der Waals surface area contributed by atoms with Crippen LogP contribution in [0.2, 0.25) is 0 Å². The lowest BCUT2D eigenvalue weighted by molar-refractivity contribution is -0.118. The smallest absolute Gasteiger partial charge is 0.137 e. The Hall–Kier alpha value is -1.57. The first kappa shape index (κ1) is 14.8. The van der Waals surface area contributed by atoms with Gasteiger partial charge >= 0.3 is 0 Å². The van der Waals surface area contributed by atoms with Crippen molar-refractivity contribution in [2.24, 2.45) is 5.92 Å². The van der Waals surface area contributed by atoms with Gasteiger partial charge in [-0.05, 0) is 49.7 Å². The molecule has 0 aliphatic heterocycles. The highest BCUT2D eigenvalue weighted by Gasteiger charge is 2.26. The van der Waals surface area contributed by atoms with Gasteiger partial charge in [-0.15, -0.1) is 0 Å². The Kier molecular flexibility index (Phi) is 5.40. The number of carbonyl (C=O) groups excluding carboxylic acids is 1. The molecule has 2 rings (SSSR count). The second kappa shape index (κ2) is 7.28. The van der Waals surface area contributed by atoms with E-state index in [4.69, 9.17) is 4.74 Å². The summed E-state index contributed by atoms with van der Waals surface area (Å²) in [5.41, 5.74) is 2.52. The van der Waals surface area contributed by atoms with E-state index in [1.807, 2.05) is 24.5 Å². The Morgan fingerprint density at radius 1 is 1.35 bits per heavy atom. The SMILES string of the molecule is CO/C=C1/CCCC[C@@H]1CC(C(C)=O)c1ccccc1. The average molecular weight is 272 g/mol. The number of hydrogen-bond acceptors (Lipinski definition) is 2. The second-order valence-corrected chi connectivity index (χ2v) is 5.68. The van der Waals surface area contributed by atoms with Crippen molar-refractivity contribution in [2.45, 2.75) is 44.9 Å². The molecule has 0 N–H and O–H groups in total. The van der Waals surface area contributed by atoms with Crippen molar-refractivity contribution in [3.63, 3.8) is 0 Å². The zero-order chi connectivity index (χ0) is 14.4. The monoisotopic (exact) mass is 272 g/mol. The lowest BCUT2D eigenvalue weighted by atomic mass is 9.77. The number of hydrogen-bond donors (Lipinski definition) is 0. The molecule has 2 heteroatoms. The van der Waals surface area contributed by atoms with E-state index in [2.05, 4.69) is 12.1 Å². The van der Waals surface area contributed by atoms with Crippen LogP contribution in [0.15, 0.2) is 42.2 Å². The third-order valence-corrected chi connectivity index (χ3v) is 4.27. The van der Waals surface area contributed by atoms with Crippen molar-refractivity contribution in [2.75, 3.05) is 7.11 Å². The molecular formula is C18H24O2. The number of ketones is 1. The molecule has 0 radical (unpaired) electrons. The third kappa shape index (κ3) is 3.72. The van der Waals surface area contributed by atoms with Gasteiger partial charge in [-0.25, -0.2) is 0 Å². The van der Waals surface area contributed by atoms with E-state index in [9.17, 15) is 4.79 Å². The molecule has 0 aromatic heterocycles. The zero-order valence-corrected chi connectivity index (χ0v) is 12.5. The number of ether oxygens (including phenoxy) is 1. The molecule has 1 aliphatic carbocycles. The molecule has 0 bridgehead atoms. The standard InChI is InChI=1S/C18H24O2/c1-14(19)18(15-8-4-3-5-9-15)12-16-10-6-7-11-17(16)13-20-2/h3-5,8-9,13,16,18H,6-7,10-12H2,1-2H3/b17-13-/t16-,18?/m1/s1. The summed E-state index contributed by atoms with van der Waals surface area (Å²) >= 11 is 0. The molecule has 1 aliphatic rings. The van der Waals surface area contributed by atoms with E-state index in [1.165, 1.54) is 24.8 Å². The molecule has 108 valence electrons. The number of allylic oxidation sites excluding steroid dienone is 1. The summed E-state index contributed by atoms with van der Waals surface area (Å²) in [4.78, 5) is 12.0. The second-order valence-electron chi connectivity index (χ2n) is 5.68. The normalized spacial score (nSPS) is 22.5. The van der Waals surface area contributed by atoms with Crippen molar-refractivity contribution in [1.29, 1.82) is 0 Å². The van der Waals surface area contributed by atoms with Crippen LogP contribution in [0.3, 0.4) is 0 Å². The van der Waals surface area contributed by atoms with Crippen LogP contribution in [-0.4, -0.2) is 12.9 Å². The molecule has 1 fully saturated rings. The summed E-state index contributed by atoms with van der Waals surface area (Å²) in [6.45, 7) is 1.71. The van der Waals surface area contributed by atoms with Crippen LogP contribution in [-0.2, 0) is 9.53 Å².